The molecule has 0 spiro atoms. The minimum Gasteiger partial charge on any atom is -0.390 e. The third kappa shape index (κ3) is 2.10. The second kappa shape index (κ2) is 4.10. The second-order valence-corrected chi connectivity index (χ2v) is 3.09. The minimum absolute atomic E-state index is 3.10. The van der Waals surface area contributed by atoms with Gasteiger partial charge in [-0.05, 0) is 0 Å². The van der Waals surface area contributed by atoms with Gasteiger partial charge in [0, 0.05) is 0 Å². The van der Waals surface area contributed by atoms with E-state index in [9.17, 15) is 48.3 Å². The molecular weight excluding hydrogens is 297 g/mol. The van der Waals surface area contributed by atoms with Crippen LogP contribution in [-0.2, 0) is 0 Å². The van der Waals surface area contributed by atoms with E-state index in [0.29, 0.717) is 0 Å². The van der Waals surface area contributed by atoms with Gasteiger partial charge in [0.25, 0.3) is 0 Å². The lowest BCUT2D eigenvalue weighted by molar-refractivity contribution is -0.428. The lowest BCUT2D eigenvalue weighted by atomic mass is 9.91. The molecule has 12 heteroatoms. The fourth-order valence-electron chi connectivity index (χ4n) is 0.868. The highest BCUT2D eigenvalue weighted by Crippen LogP contribution is 2.58. The molecule has 0 rings (SSSR count). The van der Waals surface area contributed by atoms with Crippen molar-refractivity contribution in [1.82, 2.24) is 0 Å². The fourth-order valence-corrected chi connectivity index (χ4v) is 0.868. The smallest absolute Gasteiger partial charge is 0.390 e. The van der Waals surface area contributed by atoms with Gasteiger partial charge in [-0.15, -0.1) is 0 Å². The summed E-state index contributed by atoms with van der Waals surface area (Å²) in [6.07, 6.45) is -14.7. The largest absolute Gasteiger partial charge is 0.438 e. The van der Waals surface area contributed by atoms with Gasteiger partial charge in [-0.25, -0.2) is 4.39 Å². The van der Waals surface area contributed by atoms with Crippen LogP contribution in [0.15, 0.2) is 0 Å². The maximum atomic E-state index is 12.7. The normalized spacial score (nSPS) is 16.0. The van der Waals surface area contributed by atoms with Crippen molar-refractivity contribution in [3.63, 3.8) is 0 Å². The Morgan fingerprint density at radius 3 is 1.06 bits per heavy atom. The number of halogens is 11. The van der Waals surface area contributed by atoms with E-state index in [1.807, 2.05) is 0 Å². The van der Waals surface area contributed by atoms with Gasteiger partial charge in [0.1, 0.15) is 6.61 Å². The Kier molecular flexibility index (Phi) is 3.91. The molecule has 110 valence electrons. The van der Waals surface area contributed by atoms with Gasteiger partial charge in [0.2, 0.25) is 0 Å². The second-order valence-electron chi connectivity index (χ2n) is 3.09. The zero-order chi connectivity index (χ0) is 15.2. The van der Waals surface area contributed by atoms with Crippen molar-refractivity contribution in [2.75, 3.05) is 6.61 Å². The highest BCUT2D eigenvalue weighted by molar-refractivity contribution is 5.10. The Hall–Kier alpha value is -0.810. The van der Waals surface area contributed by atoms with E-state index in [0.717, 1.165) is 0 Å². The molecule has 0 aliphatic rings. The number of hydrogen-bond donors (Lipinski definition) is 1. The predicted molar refractivity (Wildman–Crippen MR) is 32.9 cm³/mol. The van der Waals surface area contributed by atoms with E-state index < -0.39 is 36.5 Å². The van der Waals surface area contributed by atoms with E-state index in [1.54, 1.807) is 0 Å². The van der Waals surface area contributed by atoms with Crippen molar-refractivity contribution in [3.05, 3.63) is 0 Å². The van der Waals surface area contributed by atoms with E-state index in [-0.39, 0.29) is 0 Å². The van der Waals surface area contributed by atoms with Gasteiger partial charge in [-0.3, -0.25) is 0 Å². The maximum Gasteiger partial charge on any atom is 0.438 e. The first-order valence-corrected chi connectivity index (χ1v) is 3.75. The molecule has 0 aliphatic carbocycles. The van der Waals surface area contributed by atoms with Crippen LogP contribution in [0.5, 0.6) is 0 Å². The number of aliphatic hydroxyl groups is 1. The van der Waals surface area contributed by atoms with Crippen LogP contribution in [0, 0.1) is 0 Å². The molecule has 1 N–H and O–H groups in total. The molecule has 0 atom stereocenters. The first kappa shape index (κ1) is 17.2. The Morgan fingerprint density at radius 1 is 0.611 bits per heavy atom. The van der Waals surface area contributed by atoms with E-state index in [2.05, 4.69) is 0 Å². The maximum absolute atomic E-state index is 12.7. The molecular formula is C6H3F11O. The number of rotatable bonds is 3. The van der Waals surface area contributed by atoms with Crippen molar-refractivity contribution in [2.24, 2.45) is 0 Å². The SMILES string of the molecule is OCC(F)(F)C(F)(F)C(F)(C(F)(F)F)C(F)(F)F. The summed E-state index contributed by atoms with van der Waals surface area (Å²) in [5.41, 5.74) is -7.49. The summed E-state index contributed by atoms with van der Waals surface area (Å²) in [5, 5.41) is 7.69. The molecule has 18 heavy (non-hydrogen) atoms. The monoisotopic (exact) mass is 300 g/mol. The van der Waals surface area contributed by atoms with Crippen molar-refractivity contribution >= 4 is 0 Å². The topological polar surface area (TPSA) is 20.2 Å². The Balaban J connectivity index is 6.10. The molecule has 1 nitrogen and oxygen atoms in total. The molecule has 0 heterocycles. The summed E-state index contributed by atoms with van der Waals surface area (Å²) in [6, 6.07) is 0. The highest BCUT2D eigenvalue weighted by atomic mass is 19.4. The predicted octanol–water partition coefficient (Wildman–Crippen LogP) is 3.08. The molecule has 0 fully saturated rings. The first-order valence-electron chi connectivity index (χ1n) is 3.75. The summed E-state index contributed by atoms with van der Waals surface area (Å²) in [4.78, 5) is 0. The third-order valence-corrected chi connectivity index (χ3v) is 1.87. The van der Waals surface area contributed by atoms with Gasteiger partial charge >= 0.3 is 29.9 Å². The summed E-state index contributed by atoms with van der Waals surface area (Å²) < 4.78 is 133. The summed E-state index contributed by atoms with van der Waals surface area (Å²) in [5.74, 6) is -13.5. The Morgan fingerprint density at radius 2 is 0.889 bits per heavy atom. The van der Waals surface area contributed by atoms with Crippen LogP contribution in [0.25, 0.3) is 0 Å². The van der Waals surface area contributed by atoms with Crippen molar-refractivity contribution in [1.29, 1.82) is 0 Å². The number of alkyl halides is 11. The molecule has 0 aliphatic heterocycles. The lowest BCUT2D eigenvalue weighted by Gasteiger charge is -2.38. The van der Waals surface area contributed by atoms with Crippen LogP contribution in [0.3, 0.4) is 0 Å². The van der Waals surface area contributed by atoms with Crippen molar-refractivity contribution in [3.8, 4) is 0 Å². The van der Waals surface area contributed by atoms with Crippen LogP contribution >= 0.6 is 0 Å². The van der Waals surface area contributed by atoms with Gasteiger partial charge < -0.3 is 5.11 Å². The summed E-state index contributed by atoms with van der Waals surface area (Å²) in [6.45, 7) is -3.10. The molecule has 0 aromatic rings. The third-order valence-electron chi connectivity index (χ3n) is 1.87. The van der Waals surface area contributed by atoms with Crippen LogP contribution in [0.4, 0.5) is 48.3 Å². The minimum atomic E-state index is -7.49. The quantitative estimate of drug-likeness (QED) is 0.794. The van der Waals surface area contributed by atoms with Gasteiger partial charge in [-0.1, -0.05) is 0 Å². The molecule has 0 aromatic carbocycles. The number of hydrogen-bond acceptors (Lipinski definition) is 1. The molecule has 0 radical (unpaired) electrons. The number of aliphatic hydroxyl groups excluding tert-OH is 1. The Bertz CT molecular complexity index is 286. The van der Waals surface area contributed by atoms with Gasteiger partial charge in [0.15, 0.2) is 0 Å². The fraction of sp³-hybridized carbons (Fsp3) is 1.00. The molecule has 0 unspecified atom stereocenters. The van der Waals surface area contributed by atoms with Crippen LogP contribution in [0.2, 0.25) is 0 Å². The Labute approximate surface area is 91.2 Å². The average Bonchev–Trinajstić information content (AvgIpc) is 2.12. The molecule has 0 bridgehead atoms. The van der Waals surface area contributed by atoms with Gasteiger partial charge in [-0.2, -0.15) is 43.9 Å². The van der Waals surface area contributed by atoms with Gasteiger partial charge in [0.05, 0.1) is 0 Å². The standard InChI is InChI=1S/C6H3F11O/c7-2(8,1-18)4(10,11)3(9,5(12,13)14)6(15,16)17/h18H,1H2. The van der Waals surface area contributed by atoms with Crippen LogP contribution in [-0.4, -0.2) is 41.6 Å². The van der Waals surface area contributed by atoms with E-state index in [1.165, 1.54) is 0 Å². The summed E-state index contributed by atoms with van der Waals surface area (Å²) in [7, 11) is 0. The lowest BCUT2D eigenvalue weighted by Crippen LogP contribution is -2.70. The summed E-state index contributed by atoms with van der Waals surface area (Å²) >= 11 is 0. The van der Waals surface area contributed by atoms with Crippen molar-refractivity contribution < 1.29 is 53.4 Å². The molecule has 0 saturated heterocycles. The van der Waals surface area contributed by atoms with E-state index >= 15 is 0 Å². The molecule has 0 saturated carbocycles. The average molecular weight is 300 g/mol. The highest BCUT2D eigenvalue weighted by Gasteiger charge is 2.89. The van der Waals surface area contributed by atoms with Crippen LogP contribution < -0.4 is 0 Å². The zero-order valence-corrected chi connectivity index (χ0v) is 7.81. The molecule has 0 aromatic heterocycles. The van der Waals surface area contributed by atoms with Crippen molar-refractivity contribution in [2.45, 2.75) is 29.9 Å². The first-order chi connectivity index (χ1) is 7.56. The molecule has 0 amide bonds. The zero-order valence-electron chi connectivity index (χ0n) is 7.81. The van der Waals surface area contributed by atoms with E-state index in [4.69, 9.17) is 5.11 Å². The van der Waals surface area contributed by atoms with Crippen LogP contribution in [0.1, 0.15) is 0 Å².